The summed E-state index contributed by atoms with van der Waals surface area (Å²) < 4.78 is 1.77. The fourth-order valence-electron chi connectivity index (χ4n) is 3.68. The van der Waals surface area contributed by atoms with Crippen LogP contribution in [-0.2, 0) is 6.54 Å². The fourth-order valence-corrected chi connectivity index (χ4v) is 3.68. The molecule has 0 bridgehead atoms. The summed E-state index contributed by atoms with van der Waals surface area (Å²) >= 11 is 0. The van der Waals surface area contributed by atoms with Crippen molar-refractivity contribution in [1.29, 1.82) is 0 Å². The van der Waals surface area contributed by atoms with Crippen molar-refractivity contribution in [1.82, 2.24) is 14.8 Å². The normalized spacial score (nSPS) is 20.0. The van der Waals surface area contributed by atoms with Crippen molar-refractivity contribution in [3.05, 3.63) is 34.7 Å². The van der Waals surface area contributed by atoms with Gasteiger partial charge in [-0.05, 0) is 50.5 Å². The summed E-state index contributed by atoms with van der Waals surface area (Å²) in [5, 5.41) is 3.42. The van der Waals surface area contributed by atoms with Crippen molar-refractivity contribution in [2.24, 2.45) is 16.8 Å². The van der Waals surface area contributed by atoms with Crippen LogP contribution in [0.25, 0.3) is 0 Å². The molecule has 0 radical (unpaired) electrons. The van der Waals surface area contributed by atoms with E-state index < -0.39 is 0 Å². The zero-order valence-electron chi connectivity index (χ0n) is 17.2. The molecule has 1 aliphatic carbocycles. The predicted octanol–water partition coefficient (Wildman–Crippen LogP) is 3.97. The number of pyridine rings is 1. The summed E-state index contributed by atoms with van der Waals surface area (Å²) in [5.74, 6) is 2.71. The number of rotatable bonds is 8. The molecule has 1 saturated carbocycles. The topological polar surface area (TPSA) is 49.6 Å². The summed E-state index contributed by atoms with van der Waals surface area (Å²) in [6.07, 6.45) is 9.24. The number of unbranched alkanes of at least 4 members (excludes halogenated alkanes) is 1. The largest absolute Gasteiger partial charge is 0.357 e. The van der Waals surface area contributed by atoms with E-state index in [1.165, 1.54) is 25.7 Å². The third kappa shape index (κ3) is 8.66. The molecule has 2 rings (SSSR count). The molecule has 0 aromatic carbocycles. The Labute approximate surface area is 181 Å². The number of aliphatic imine (C=N–C) groups is 1. The van der Waals surface area contributed by atoms with Gasteiger partial charge in [-0.25, -0.2) is 0 Å². The molecule has 0 spiro atoms. The molecule has 27 heavy (non-hydrogen) atoms. The van der Waals surface area contributed by atoms with Crippen LogP contribution in [0.5, 0.6) is 0 Å². The molecule has 1 aromatic heterocycles. The molecule has 1 N–H and O–H groups in total. The van der Waals surface area contributed by atoms with E-state index in [1.54, 1.807) is 16.7 Å². The molecule has 5 nitrogen and oxygen atoms in total. The molecular formula is C21H37IN4O. The highest BCUT2D eigenvalue weighted by atomic mass is 127. The Morgan fingerprint density at radius 3 is 2.67 bits per heavy atom. The van der Waals surface area contributed by atoms with E-state index in [-0.39, 0.29) is 29.5 Å². The summed E-state index contributed by atoms with van der Waals surface area (Å²) in [5.41, 5.74) is 0.0749. The maximum atomic E-state index is 11.7. The van der Waals surface area contributed by atoms with Gasteiger partial charge >= 0.3 is 0 Å². The average molecular weight is 488 g/mol. The lowest BCUT2D eigenvalue weighted by atomic mass is 9.83. The van der Waals surface area contributed by atoms with Crippen LogP contribution in [0.4, 0.5) is 0 Å². The highest BCUT2D eigenvalue weighted by Gasteiger charge is 2.20. The van der Waals surface area contributed by atoms with Crippen LogP contribution in [0.2, 0.25) is 0 Å². The zero-order valence-corrected chi connectivity index (χ0v) is 19.5. The molecule has 0 saturated heterocycles. The molecule has 0 unspecified atom stereocenters. The number of hydrogen-bond acceptors (Lipinski definition) is 2. The lowest BCUT2D eigenvalue weighted by Crippen LogP contribution is -2.42. The highest BCUT2D eigenvalue weighted by Crippen LogP contribution is 2.28. The van der Waals surface area contributed by atoms with Gasteiger partial charge in [0.05, 0.1) is 0 Å². The second-order valence-corrected chi connectivity index (χ2v) is 7.68. The SMILES string of the molecule is CCNC(=NCCCCn1ccccc1=O)N(C)CC1CCC(C)CC1.I. The predicted molar refractivity (Wildman–Crippen MR) is 125 cm³/mol. The van der Waals surface area contributed by atoms with Crippen molar-refractivity contribution in [2.45, 2.75) is 58.9 Å². The van der Waals surface area contributed by atoms with E-state index in [4.69, 9.17) is 4.99 Å². The number of halogens is 1. The molecule has 0 aliphatic heterocycles. The van der Waals surface area contributed by atoms with E-state index in [2.05, 4.69) is 31.1 Å². The van der Waals surface area contributed by atoms with Gasteiger partial charge in [0.1, 0.15) is 0 Å². The minimum Gasteiger partial charge on any atom is -0.357 e. The van der Waals surface area contributed by atoms with Crippen molar-refractivity contribution < 1.29 is 0 Å². The lowest BCUT2D eigenvalue weighted by Gasteiger charge is -2.31. The van der Waals surface area contributed by atoms with Gasteiger partial charge in [0.25, 0.3) is 0 Å². The second kappa shape index (κ2) is 13.2. The smallest absolute Gasteiger partial charge is 0.250 e. The first-order valence-corrected chi connectivity index (χ1v) is 10.2. The first kappa shape index (κ1) is 24.0. The molecule has 1 aliphatic rings. The standard InChI is InChI=1S/C21H36N4O.HI/c1-4-22-21(24(3)17-19-12-10-18(2)11-13-19)23-14-6-8-16-25-15-7-5-9-20(25)26;/h5,7,9,15,18-19H,4,6,8,10-14,16-17H2,1-3H3,(H,22,23);1H. The molecule has 0 atom stereocenters. The highest BCUT2D eigenvalue weighted by molar-refractivity contribution is 14.0. The monoisotopic (exact) mass is 488 g/mol. The number of aromatic nitrogens is 1. The van der Waals surface area contributed by atoms with Gasteiger partial charge in [-0.2, -0.15) is 0 Å². The van der Waals surface area contributed by atoms with Crippen molar-refractivity contribution >= 4 is 29.9 Å². The van der Waals surface area contributed by atoms with Crippen LogP contribution in [-0.4, -0.2) is 42.1 Å². The Hall–Kier alpha value is -1.05. The van der Waals surface area contributed by atoms with Gasteiger partial charge < -0.3 is 14.8 Å². The lowest BCUT2D eigenvalue weighted by molar-refractivity contribution is 0.250. The van der Waals surface area contributed by atoms with Gasteiger partial charge in [-0.1, -0.05) is 25.8 Å². The van der Waals surface area contributed by atoms with E-state index in [1.807, 2.05) is 12.3 Å². The van der Waals surface area contributed by atoms with E-state index in [9.17, 15) is 4.79 Å². The zero-order chi connectivity index (χ0) is 18.8. The number of guanidine groups is 1. The molecule has 1 heterocycles. The van der Waals surface area contributed by atoms with Crippen molar-refractivity contribution in [2.75, 3.05) is 26.7 Å². The molecule has 6 heteroatoms. The quantitative estimate of drug-likeness (QED) is 0.261. The maximum Gasteiger partial charge on any atom is 0.250 e. The van der Waals surface area contributed by atoms with Gasteiger partial charge in [-0.3, -0.25) is 9.79 Å². The van der Waals surface area contributed by atoms with Crippen LogP contribution < -0.4 is 10.9 Å². The van der Waals surface area contributed by atoms with E-state index in [0.717, 1.165) is 56.8 Å². The molecular weight excluding hydrogens is 451 g/mol. The van der Waals surface area contributed by atoms with Crippen LogP contribution in [0.3, 0.4) is 0 Å². The van der Waals surface area contributed by atoms with Gasteiger partial charge in [0.2, 0.25) is 5.56 Å². The Morgan fingerprint density at radius 2 is 2.00 bits per heavy atom. The van der Waals surface area contributed by atoms with Crippen molar-refractivity contribution in [3.63, 3.8) is 0 Å². The average Bonchev–Trinajstić information content (AvgIpc) is 2.64. The Bertz CT molecular complexity index is 608. The number of aryl methyl sites for hydroxylation is 1. The summed E-state index contributed by atoms with van der Waals surface area (Å²) in [4.78, 5) is 18.8. The molecule has 0 amide bonds. The number of nitrogens with one attached hydrogen (secondary N) is 1. The van der Waals surface area contributed by atoms with Gasteiger partial charge in [-0.15, -0.1) is 24.0 Å². The minimum absolute atomic E-state index is 0. The summed E-state index contributed by atoms with van der Waals surface area (Å²) in [6.45, 7) is 8.04. The van der Waals surface area contributed by atoms with Crippen LogP contribution in [0.1, 0.15) is 52.4 Å². The summed E-state index contributed by atoms with van der Waals surface area (Å²) in [6, 6.07) is 5.31. The fraction of sp³-hybridized carbons (Fsp3) is 0.714. The van der Waals surface area contributed by atoms with E-state index >= 15 is 0 Å². The van der Waals surface area contributed by atoms with Crippen molar-refractivity contribution in [3.8, 4) is 0 Å². The molecule has 1 aromatic rings. The minimum atomic E-state index is 0. The number of nitrogens with zero attached hydrogens (tertiary/aromatic N) is 3. The second-order valence-electron chi connectivity index (χ2n) is 7.68. The maximum absolute atomic E-state index is 11.7. The van der Waals surface area contributed by atoms with Crippen LogP contribution >= 0.6 is 24.0 Å². The van der Waals surface area contributed by atoms with Crippen LogP contribution in [0.15, 0.2) is 34.2 Å². The summed E-state index contributed by atoms with van der Waals surface area (Å²) in [7, 11) is 2.16. The Balaban J connectivity index is 0.00000364. The van der Waals surface area contributed by atoms with E-state index in [0.29, 0.717) is 0 Å². The van der Waals surface area contributed by atoms with Crippen LogP contribution in [0, 0.1) is 11.8 Å². The molecule has 154 valence electrons. The Morgan fingerprint density at radius 1 is 1.26 bits per heavy atom. The first-order chi connectivity index (χ1) is 12.6. The van der Waals surface area contributed by atoms with Gasteiger partial charge in [0, 0.05) is 45.5 Å². The number of hydrogen-bond donors (Lipinski definition) is 1. The van der Waals surface area contributed by atoms with Gasteiger partial charge in [0.15, 0.2) is 5.96 Å². The third-order valence-electron chi connectivity index (χ3n) is 5.33. The molecule has 1 fully saturated rings. The first-order valence-electron chi connectivity index (χ1n) is 10.2. The third-order valence-corrected chi connectivity index (χ3v) is 5.33. The Kier molecular flexibility index (Phi) is 11.7.